The molecule has 1 aliphatic rings. The Balaban J connectivity index is 1.99. The van der Waals surface area contributed by atoms with E-state index in [1.807, 2.05) is 31.3 Å². The second kappa shape index (κ2) is 6.67. The summed E-state index contributed by atoms with van der Waals surface area (Å²) in [5, 5.41) is 0. The van der Waals surface area contributed by atoms with Crippen molar-refractivity contribution in [3.05, 3.63) is 35.4 Å². The van der Waals surface area contributed by atoms with E-state index in [0.29, 0.717) is 6.54 Å². The molecule has 1 aromatic carbocycles. The van der Waals surface area contributed by atoms with Gasteiger partial charge in [0.15, 0.2) is 0 Å². The standard InChI is InChI=1S/C14H23N3O2S/c1-17-7-3-6-14(10-17)16-20(18,19)11-13-5-2-4-12(8-13)9-15/h2,4-5,8,14,16H,3,6-7,9-11,15H2,1H3. The molecule has 0 radical (unpaired) electrons. The van der Waals surface area contributed by atoms with Gasteiger partial charge in [0.2, 0.25) is 10.0 Å². The third kappa shape index (κ3) is 4.56. The van der Waals surface area contributed by atoms with Crippen molar-refractivity contribution in [1.82, 2.24) is 9.62 Å². The van der Waals surface area contributed by atoms with Gasteiger partial charge >= 0.3 is 0 Å². The Labute approximate surface area is 121 Å². The van der Waals surface area contributed by atoms with Crippen LogP contribution in [-0.2, 0) is 22.3 Å². The summed E-state index contributed by atoms with van der Waals surface area (Å²) in [5.41, 5.74) is 7.31. The molecule has 0 aliphatic carbocycles. The van der Waals surface area contributed by atoms with E-state index in [0.717, 1.165) is 37.1 Å². The van der Waals surface area contributed by atoms with Crippen molar-refractivity contribution in [2.24, 2.45) is 5.73 Å². The van der Waals surface area contributed by atoms with Crippen molar-refractivity contribution in [2.75, 3.05) is 20.1 Å². The molecule has 1 saturated heterocycles. The molecule has 1 aromatic rings. The Hall–Kier alpha value is -0.950. The van der Waals surface area contributed by atoms with Crippen LogP contribution < -0.4 is 10.5 Å². The number of benzene rings is 1. The molecule has 20 heavy (non-hydrogen) atoms. The molecule has 112 valence electrons. The Bertz CT molecular complexity index is 545. The summed E-state index contributed by atoms with van der Waals surface area (Å²) in [6.45, 7) is 2.24. The SMILES string of the molecule is CN1CCCC(NS(=O)(=O)Cc2cccc(CN)c2)C1. The van der Waals surface area contributed by atoms with E-state index in [2.05, 4.69) is 9.62 Å². The van der Waals surface area contributed by atoms with Crippen molar-refractivity contribution >= 4 is 10.0 Å². The number of hydrogen-bond acceptors (Lipinski definition) is 4. The normalized spacial score (nSPS) is 21.0. The molecule has 0 bridgehead atoms. The number of sulfonamides is 1. The Morgan fingerprint density at radius 2 is 2.15 bits per heavy atom. The van der Waals surface area contributed by atoms with Crippen LogP contribution in [0.1, 0.15) is 24.0 Å². The Morgan fingerprint density at radius 3 is 2.85 bits per heavy atom. The molecule has 0 saturated carbocycles. The van der Waals surface area contributed by atoms with Crippen LogP contribution in [0.2, 0.25) is 0 Å². The average Bonchev–Trinajstić information content (AvgIpc) is 2.37. The van der Waals surface area contributed by atoms with E-state index in [-0.39, 0.29) is 11.8 Å². The van der Waals surface area contributed by atoms with Crippen molar-refractivity contribution in [3.63, 3.8) is 0 Å². The first-order valence-electron chi connectivity index (χ1n) is 6.95. The summed E-state index contributed by atoms with van der Waals surface area (Å²) in [5.74, 6) is 0.0149. The third-order valence-corrected chi connectivity index (χ3v) is 4.96. The number of likely N-dealkylation sites (tertiary alicyclic amines) is 1. The lowest BCUT2D eigenvalue weighted by molar-refractivity contribution is 0.242. The quantitative estimate of drug-likeness (QED) is 0.837. The van der Waals surface area contributed by atoms with E-state index >= 15 is 0 Å². The number of hydrogen-bond donors (Lipinski definition) is 2. The van der Waals surface area contributed by atoms with Gasteiger partial charge < -0.3 is 10.6 Å². The van der Waals surface area contributed by atoms with Gasteiger partial charge in [0, 0.05) is 19.1 Å². The monoisotopic (exact) mass is 297 g/mol. The Morgan fingerprint density at radius 1 is 1.40 bits per heavy atom. The van der Waals surface area contributed by atoms with Gasteiger partial charge in [0.05, 0.1) is 5.75 Å². The molecule has 2 rings (SSSR count). The highest BCUT2D eigenvalue weighted by Crippen LogP contribution is 2.12. The van der Waals surface area contributed by atoms with Gasteiger partial charge in [0.25, 0.3) is 0 Å². The maximum Gasteiger partial charge on any atom is 0.216 e. The van der Waals surface area contributed by atoms with Gasteiger partial charge in [-0.2, -0.15) is 0 Å². The Kier molecular flexibility index (Phi) is 5.15. The van der Waals surface area contributed by atoms with Crippen LogP contribution in [0.25, 0.3) is 0 Å². The molecule has 5 nitrogen and oxygen atoms in total. The number of nitrogens with one attached hydrogen (secondary N) is 1. The minimum atomic E-state index is -3.30. The maximum atomic E-state index is 12.2. The summed E-state index contributed by atoms with van der Waals surface area (Å²) < 4.78 is 27.2. The molecular weight excluding hydrogens is 274 g/mol. The van der Waals surface area contributed by atoms with Gasteiger partial charge in [-0.3, -0.25) is 0 Å². The summed E-state index contributed by atoms with van der Waals surface area (Å²) >= 11 is 0. The lowest BCUT2D eigenvalue weighted by Crippen LogP contribution is -2.46. The second-order valence-corrected chi connectivity index (χ2v) is 7.26. The molecule has 1 atom stereocenters. The van der Waals surface area contributed by atoms with Crippen LogP contribution in [-0.4, -0.2) is 39.5 Å². The fourth-order valence-electron chi connectivity index (χ4n) is 2.62. The fraction of sp³-hybridized carbons (Fsp3) is 0.571. The molecule has 1 aliphatic heterocycles. The van der Waals surface area contributed by atoms with Crippen molar-refractivity contribution in [3.8, 4) is 0 Å². The molecule has 0 amide bonds. The lowest BCUT2D eigenvalue weighted by atomic mass is 10.1. The predicted octanol–water partition coefficient (Wildman–Crippen LogP) is 0.659. The first-order chi connectivity index (χ1) is 9.48. The van der Waals surface area contributed by atoms with Crippen LogP contribution in [0.3, 0.4) is 0 Å². The van der Waals surface area contributed by atoms with Gasteiger partial charge in [-0.1, -0.05) is 24.3 Å². The van der Waals surface area contributed by atoms with Crippen molar-refractivity contribution < 1.29 is 8.42 Å². The highest BCUT2D eigenvalue weighted by molar-refractivity contribution is 7.88. The van der Waals surface area contributed by atoms with E-state index in [1.54, 1.807) is 0 Å². The van der Waals surface area contributed by atoms with Gasteiger partial charge in [-0.15, -0.1) is 0 Å². The molecule has 1 heterocycles. The summed E-state index contributed by atoms with van der Waals surface area (Å²) in [6, 6.07) is 7.45. The molecule has 1 fully saturated rings. The van der Waals surface area contributed by atoms with Crippen LogP contribution in [0.4, 0.5) is 0 Å². The van der Waals surface area contributed by atoms with Crippen LogP contribution >= 0.6 is 0 Å². The zero-order valence-electron chi connectivity index (χ0n) is 11.9. The minimum Gasteiger partial charge on any atom is -0.326 e. The second-order valence-electron chi connectivity index (χ2n) is 5.50. The molecule has 6 heteroatoms. The highest BCUT2D eigenvalue weighted by Gasteiger charge is 2.22. The maximum absolute atomic E-state index is 12.2. The van der Waals surface area contributed by atoms with E-state index in [9.17, 15) is 8.42 Å². The van der Waals surface area contributed by atoms with Crippen LogP contribution in [0.5, 0.6) is 0 Å². The smallest absolute Gasteiger partial charge is 0.216 e. The molecule has 0 aromatic heterocycles. The predicted molar refractivity (Wildman–Crippen MR) is 80.6 cm³/mol. The van der Waals surface area contributed by atoms with Gasteiger partial charge in [0.1, 0.15) is 0 Å². The van der Waals surface area contributed by atoms with E-state index in [1.165, 1.54) is 0 Å². The topological polar surface area (TPSA) is 75.4 Å². The fourth-order valence-corrected chi connectivity index (χ4v) is 4.03. The molecular formula is C14H23N3O2S. The zero-order valence-corrected chi connectivity index (χ0v) is 12.7. The molecule has 3 N–H and O–H groups in total. The van der Waals surface area contributed by atoms with Crippen LogP contribution in [0, 0.1) is 0 Å². The first kappa shape index (κ1) is 15.4. The highest BCUT2D eigenvalue weighted by atomic mass is 32.2. The summed E-state index contributed by atoms with van der Waals surface area (Å²) in [4.78, 5) is 2.16. The average molecular weight is 297 g/mol. The lowest BCUT2D eigenvalue weighted by Gasteiger charge is -2.30. The summed E-state index contributed by atoms with van der Waals surface area (Å²) in [6.07, 6.45) is 1.94. The van der Waals surface area contributed by atoms with Gasteiger partial charge in [-0.05, 0) is 37.6 Å². The minimum absolute atomic E-state index is 0.0149. The van der Waals surface area contributed by atoms with E-state index in [4.69, 9.17) is 5.73 Å². The van der Waals surface area contributed by atoms with Gasteiger partial charge in [-0.25, -0.2) is 13.1 Å². The summed E-state index contributed by atoms with van der Waals surface area (Å²) in [7, 11) is -1.28. The number of piperidine rings is 1. The number of nitrogens with zero attached hydrogens (tertiary/aromatic N) is 1. The third-order valence-electron chi connectivity index (χ3n) is 3.55. The number of rotatable bonds is 5. The molecule has 0 spiro atoms. The molecule has 1 unspecified atom stereocenters. The first-order valence-corrected chi connectivity index (χ1v) is 8.60. The zero-order chi connectivity index (χ0) is 14.6. The number of likely N-dealkylation sites (N-methyl/N-ethyl adjacent to an activating group) is 1. The van der Waals surface area contributed by atoms with Crippen molar-refractivity contribution in [1.29, 1.82) is 0 Å². The van der Waals surface area contributed by atoms with Crippen LogP contribution in [0.15, 0.2) is 24.3 Å². The number of nitrogens with two attached hydrogens (primary N) is 1. The van der Waals surface area contributed by atoms with Crippen molar-refractivity contribution in [2.45, 2.75) is 31.2 Å². The van der Waals surface area contributed by atoms with E-state index < -0.39 is 10.0 Å². The largest absolute Gasteiger partial charge is 0.326 e.